The van der Waals surface area contributed by atoms with Crippen molar-refractivity contribution >= 4 is 58.5 Å². The lowest BCUT2D eigenvalue weighted by atomic mass is 10.1. The van der Waals surface area contributed by atoms with Gasteiger partial charge < -0.3 is 9.73 Å². The van der Waals surface area contributed by atoms with Gasteiger partial charge in [0.15, 0.2) is 0 Å². The van der Waals surface area contributed by atoms with Gasteiger partial charge in [0.2, 0.25) is 0 Å². The molecule has 0 saturated heterocycles. The molecule has 33 heavy (non-hydrogen) atoms. The summed E-state index contributed by atoms with van der Waals surface area (Å²) in [4.78, 5) is 28.7. The van der Waals surface area contributed by atoms with E-state index in [1.807, 2.05) is 0 Å². The quantitative estimate of drug-likeness (QED) is 0.320. The van der Waals surface area contributed by atoms with Crippen molar-refractivity contribution in [1.82, 2.24) is 10.4 Å². The first kappa shape index (κ1) is 24.6. The zero-order chi connectivity index (χ0) is 24.3. The zero-order valence-corrected chi connectivity index (χ0v) is 18.7. The number of benzene rings is 1. The minimum Gasteiger partial charge on any atom is -0.460 e. The van der Waals surface area contributed by atoms with Crippen LogP contribution in [0, 0.1) is 6.92 Å². The number of carbonyl (C=O) groups excluding carboxylic acids is 2. The molecule has 0 bridgehead atoms. The smallest absolute Gasteiger partial charge is 0.417 e. The molecule has 0 spiro atoms. The highest BCUT2D eigenvalue weighted by molar-refractivity contribution is 6.38. The Kier molecular flexibility index (Phi) is 7.31. The Morgan fingerprint density at radius 3 is 2.42 bits per heavy atom. The molecule has 2 heterocycles. The average molecular weight is 520 g/mol. The number of aryl methyl sites for hydroxylation is 1. The second-order valence-electron chi connectivity index (χ2n) is 6.46. The third-order valence-electron chi connectivity index (χ3n) is 4.04. The van der Waals surface area contributed by atoms with Crippen LogP contribution in [0.3, 0.4) is 0 Å². The Morgan fingerprint density at radius 1 is 1.09 bits per heavy atom. The molecule has 0 atom stereocenters. The second-order valence-corrected chi connectivity index (χ2v) is 7.71. The molecular formula is C20H12Cl3F3N4O3. The van der Waals surface area contributed by atoms with Crippen LogP contribution < -0.4 is 10.7 Å². The number of rotatable bonds is 5. The molecule has 13 heteroatoms. The van der Waals surface area contributed by atoms with E-state index >= 15 is 0 Å². The number of hydrazone groups is 1. The van der Waals surface area contributed by atoms with Crippen molar-refractivity contribution in [1.29, 1.82) is 0 Å². The molecule has 7 nitrogen and oxygen atoms in total. The van der Waals surface area contributed by atoms with Crippen LogP contribution in [0.5, 0.6) is 0 Å². The molecule has 172 valence electrons. The summed E-state index contributed by atoms with van der Waals surface area (Å²) in [6.07, 6.45) is -2.98. The number of aromatic nitrogens is 1. The number of anilines is 1. The standard InChI is InChI=1S/C20H12Cl3F3N4O3/c1-9-2-3-12(33-9)8-28-30-18(31)13-5-11(21)6-15(23)16(13)29-19(32)17-14(22)4-10(7-27-17)20(24,25)26/h2-8H,1H3,(H,29,32)(H,30,31)/b28-8+. The fourth-order valence-electron chi connectivity index (χ4n) is 2.55. The molecular weight excluding hydrogens is 508 g/mol. The van der Waals surface area contributed by atoms with Gasteiger partial charge in [-0.25, -0.2) is 10.4 Å². The van der Waals surface area contributed by atoms with E-state index in [1.54, 1.807) is 19.1 Å². The molecule has 0 saturated carbocycles. The van der Waals surface area contributed by atoms with E-state index in [9.17, 15) is 22.8 Å². The fraction of sp³-hybridized carbons (Fsp3) is 0.100. The first-order chi connectivity index (χ1) is 15.5. The number of hydrogen-bond acceptors (Lipinski definition) is 5. The number of halogens is 6. The van der Waals surface area contributed by atoms with Gasteiger partial charge in [0.1, 0.15) is 17.2 Å². The molecule has 0 fully saturated rings. The van der Waals surface area contributed by atoms with E-state index in [2.05, 4.69) is 20.8 Å². The molecule has 0 unspecified atom stereocenters. The summed E-state index contributed by atoms with van der Waals surface area (Å²) in [5.74, 6) is -0.763. The molecule has 0 aliphatic rings. The topological polar surface area (TPSA) is 96.6 Å². The monoisotopic (exact) mass is 518 g/mol. The highest BCUT2D eigenvalue weighted by Gasteiger charge is 2.32. The summed E-state index contributed by atoms with van der Waals surface area (Å²) in [5.41, 5.74) is 0.257. The largest absolute Gasteiger partial charge is 0.460 e. The van der Waals surface area contributed by atoms with Crippen molar-refractivity contribution in [3.63, 3.8) is 0 Å². The van der Waals surface area contributed by atoms with Gasteiger partial charge in [-0.05, 0) is 37.3 Å². The van der Waals surface area contributed by atoms with Gasteiger partial charge in [-0.1, -0.05) is 34.8 Å². The summed E-state index contributed by atoms with van der Waals surface area (Å²) in [5, 5.41) is 5.51. The predicted molar refractivity (Wildman–Crippen MR) is 117 cm³/mol. The predicted octanol–water partition coefficient (Wildman–Crippen LogP) is 5.98. The maximum atomic E-state index is 12.8. The zero-order valence-electron chi connectivity index (χ0n) is 16.4. The lowest BCUT2D eigenvalue weighted by Crippen LogP contribution is -2.22. The number of furan rings is 1. The molecule has 1 aromatic carbocycles. The Bertz CT molecular complexity index is 1260. The van der Waals surface area contributed by atoms with Crippen molar-refractivity contribution < 1.29 is 27.2 Å². The second kappa shape index (κ2) is 9.82. The number of amides is 2. The molecule has 2 aromatic heterocycles. The van der Waals surface area contributed by atoms with Crippen LogP contribution in [0.15, 0.2) is 46.0 Å². The third kappa shape index (κ3) is 6.04. The van der Waals surface area contributed by atoms with Crippen LogP contribution in [-0.4, -0.2) is 23.0 Å². The SMILES string of the molecule is Cc1ccc(/C=N/NC(=O)c2cc(Cl)cc(Cl)c2NC(=O)c2ncc(C(F)(F)F)cc2Cl)o1. The van der Waals surface area contributed by atoms with E-state index in [1.165, 1.54) is 18.3 Å². The summed E-state index contributed by atoms with van der Waals surface area (Å²) >= 11 is 17.9. The number of carbonyl (C=O) groups is 2. The Balaban J connectivity index is 1.85. The molecule has 2 amide bonds. The number of nitrogens with one attached hydrogen (secondary N) is 2. The molecule has 0 radical (unpaired) electrons. The molecule has 3 aromatic rings. The average Bonchev–Trinajstić information content (AvgIpc) is 3.13. The van der Waals surface area contributed by atoms with E-state index in [0.717, 1.165) is 0 Å². The van der Waals surface area contributed by atoms with Crippen molar-refractivity contribution in [2.45, 2.75) is 13.1 Å². The minimum absolute atomic E-state index is 0.0828. The van der Waals surface area contributed by atoms with E-state index < -0.39 is 34.3 Å². The molecule has 3 rings (SSSR count). The molecule has 0 aliphatic heterocycles. The van der Waals surface area contributed by atoms with Gasteiger partial charge in [0.05, 0.1) is 33.1 Å². The summed E-state index contributed by atoms with van der Waals surface area (Å²) < 4.78 is 43.7. The van der Waals surface area contributed by atoms with Gasteiger partial charge in [0.25, 0.3) is 11.8 Å². The lowest BCUT2D eigenvalue weighted by Gasteiger charge is -2.13. The number of hydrogen-bond donors (Lipinski definition) is 2. The van der Waals surface area contributed by atoms with Gasteiger partial charge >= 0.3 is 6.18 Å². The lowest BCUT2D eigenvalue weighted by molar-refractivity contribution is -0.137. The fourth-order valence-corrected chi connectivity index (χ4v) is 3.34. The van der Waals surface area contributed by atoms with Crippen LogP contribution in [-0.2, 0) is 6.18 Å². The van der Waals surface area contributed by atoms with Gasteiger partial charge in [-0.2, -0.15) is 18.3 Å². The molecule has 2 N–H and O–H groups in total. The van der Waals surface area contributed by atoms with Crippen LogP contribution in [0.1, 0.15) is 37.9 Å². The van der Waals surface area contributed by atoms with Crippen molar-refractivity contribution in [2.24, 2.45) is 5.10 Å². The Morgan fingerprint density at radius 2 is 1.82 bits per heavy atom. The van der Waals surface area contributed by atoms with Crippen molar-refractivity contribution in [3.05, 3.63) is 79.9 Å². The van der Waals surface area contributed by atoms with Gasteiger partial charge in [0, 0.05) is 11.2 Å². The summed E-state index contributed by atoms with van der Waals surface area (Å²) in [6, 6.07) is 6.37. The van der Waals surface area contributed by atoms with E-state index in [0.29, 0.717) is 23.8 Å². The van der Waals surface area contributed by atoms with Crippen LogP contribution in [0.4, 0.5) is 18.9 Å². The number of alkyl halides is 3. The molecule has 0 aliphatic carbocycles. The maximum Gasteiger partial charge on any atom is 0.417 e. The summed E-state index contributed by atoms with van der Waals surface area (Å²) in [7, 11) is 0. The normalized spacial score (nSPS) is 11.6. The summed E-state index contributed by atoms with van der Waals surface area (Å²) in [6.45, 7) is 1.73. The van der Waals surface area contributed by atoms with Gasteiger partial charge in [-0.3, -0.25) is 9.59 Å². The third-order valence-corrected chi connectivity index (χ3v) is 4.85. The minimum atomic E-state index is -4.69. The first-order valence-electron chi connectivity index (χ1n) is 8.88. The van der Waals surface area contributed by atoms with Crippen LogP contribution >= 0.6 is 34.8 Å². The highest BCUT2D eigenvalue weighted by Crippen LogP contribution is 2.33. The number of pyridine rings is 1. The Labute approximate surface area is 199 Å². The van der Waals surface area contributed by atoms with Gasteiger partial charge in [-0.15, -0.1) is 0 Å². The van der Waals surface area contributed by atoms with Crippen LogP contribution in [0.2, 0.25) is 15.1 Å². The Hall–Kier alpha value is -3.08. The maximum absolute atomic E-state index is 12.8. The van der Waals surface area contributed by atoms with E-state index in [4.69, 9.17) is 39.2 Å². The van der Waals surface area contributed by atoms with Crippen molar-refractivity contribution in [3.8, 4) is 0 Å². The van der Waals surface area contributed by atoms with Crippen molar-refractivity contribution in [2.75, 3.05) is 5.32 Å². The van der Waals surface area contributed by atoms with Crippen LogP contribution in [0.25, 0.3) is 0 Å². The highest BCUT2D eigenvalue weighted by atomic mass is 35.5. The number of nitrogens with zero attached hydrogens (tertiary/aromatic N) is 2. The first-order valence-corrected chi connectivity index (χ1v) is 10.0. The van der Waals surface area contributed by atoms with E-state index in [-0.39, 0.29) is 21.3 Å².